The molecule has 2 aliphatic heterocycles. The molecule has 108 valence electrons. The molecule has 2 aliphatic rings. The van der Waals surface area contributed by atoms with E-state index in [4.69, 9.17) is 4.74 Å². The second kappa shape index (κ2) is 5.40. The lowest BCUT2D eigenvalue weighted by atomic mass is 9.88. The molecule has 2 saturated heterocycles. The number of carbonyl (C=O) groups excluding carboxylic acids is 1. The normalized spacial score (nSPS) is 25.4. The van der Waals surface area contributed by atoms with Crippen LogP contribution in [0.5, 0.6) is 5.75 Å². The third-order valence-electron chi connectivity index (χ3n) is 4.40. The zero-order valence-electron chi connectivity index (χ0n) is 11.6. The molecule has 0 radical (unpaired) electrons. The van der Waals surface area contributed by atoms with Gasteiger partial charge in [-0.3, -0.25) is 4.79 Å². The van der Waals surface area contributed by atoms with Crippen molar-refractivity contribution in [2.24, 2.45) is 11.8 Å². The van der Waals surface area contributed by atoms with Gasteiger partial charge in [0.1, 0.15) is 17.1 Å². The van der Waals surface area contributed by atoms with Crippen molar-refractivity contribution in [3.8, 4) is 5.75 Å². The van der Waals surface area contributed by atoms with Crippen LogP contribution in [0, 0.1) is 17.7 Å². The summed E-state index contributed by atoms with van der Waals surface area (Å²) < 4.78 is 19.1. The summed E-state index contributed by atoms with van der Waals surface area (Å²) in [4.78, 5) is 14.3. The van der Waals surface area contributed by atoms with Gasteiger partial charge in [0.2, 0.25) is 0 Å². The molecule has 2 unspecified atom stereocenters. The lowest BCUT2D eigenvalue weighted by Crippen LogP contribution is -2.43. The number of methoxy groups -OCH3 is 1. The Balaban J connectivity index is 1.82. The second-order valence-electron chi connectivity index (χ2n) is 5.54. The smallest absolute Gasteiger partial charge is 0.260 e. The monoisotopic (exact) mass is 278 g/mol. The van der Waals surface area contributed by atoms with Crippen LogP contribution in [0.4, 0.5) is 4.39 Å². The summed E-state index contributed by atoms with van der Waals surface area (Å²) in [5.74, 6) is 0.681. The Morgan fingerprint density at radius 1 is 1.40 bits per heavy atom. The minimum Gasteiger partial charge on any atom is -0.496 e. The van der Waals surface area contributed by atoms with Gasteiger partial charge in [-0.25, -0.2) is 4.39 Å². The van der Waals surface area contributed by atoms with Gasteiger partial charge < -0.3 is 15.0 Å². The summed E-state index contributed by atoms with van der Waals surface area (Å²) in [6.45, 7) is 3.38. The molecule has 1 N–H and O–H groups in total. The Hall–Kier alpha value is -1.62. The Bertz CT molecular complexity index is 521. The molecule has 20 heavy (non-hydrogen) atoms. The number of piperidine rings is 1. The van der Waals surface area contributed by atoms with Crippen molar-refractivity contribution in [2.45, 2.75) is 6.42 Å². The van der Waals surface area contributed by atoms with E-state index < -0.39 is 5.82 Å². The maximum Gasteiger partial charge on any atom is 0.260 e. The number of rotatable bonds is 2. The van der Waals surface area contributed by atoms with Crippen molar-refractivity contribution in [1.29, 1.82) is 0 Å². The molecule has 2 heterocycles. The molecule has 2 atom stereocenters. The summed E-state index contributed by atoms with van der Waals surface area (Å²) in [5.41, 5.74) is 0.0550. The first kappa shape index (κ1) is 13.4. The number of carbonyl (C=O) groups is 1. The summed E-state index contributed by atoms with van der Waals surface area (Å²) in [5, 5.41) is 3.36. The van der Waals surface area contributed by atoms with Crippen LogP contribution < -0.4 is 10.1 Å². The molecule has 0 aromatic heterocycles. The SMILES string of the molecule is COc1cccc(F)c1C(=O)N1CCC2CNCC2C1. The van der Waals surface area contributed by atoms with Gasteiger partial charge in [-0.1, -0.05) is 6.07 Å². The zero-order valence-corrected chi connectivity index (χ0v) is 11.6. The van der Waals surface area contributed by atoms with Gasteiger partial charge in [-0.05, 0) is 43.5 Å². The van der Waals surface area contributed by atoms with Gasteiger partial charge in [0.15, 0.2) is 0 Å². The minimum absolute atomic E-state index is 0.0550. The fourth-order valence-corrected chi connectivity index (χ4v) is 3.26. The van der Waals surface area contributed by atoms with Crippen LogP contribution in [0.2, 0.25) is 0 Å². The number of hydrogen-bond acceptors (Lipinski definition) is 3. The van der Waals surface area contributed by atoms with Gasteiger partial charge in [0.25, 0.3) is 5.91 Å². The lowest BCUT2D eigenvalue weighted by molar-refractivity contribution is 0.0634. The summed E-state index contributed by atoms with van der Waals surface area (Å²) >= 11 is 0. The number of ether oxygens (including phenoxy) is 1. The summed E-state index contributed by atoms with van der Waals surface area (Å²) in [6, 6.07) is 4.48. The summed E-state index contributed by atoms with van der Waals surface area (Å²) in [7, 11) is 1.46. The third-order valence-corrected chi connectivity index (χ3v) is 4.40. The van der Waals surface area contributed by atoms with Gasteiger partial charge in [-0.2, -0.15) is 0 Å². The first-order valence-corrected chi connectivity index (χ1v) is 7.03. The Kier molecular flexibility index (Phi) is 3.61. The van der Waals surface area contributed by atoms with E-state index in [0.29, 0.717) is 30.7 Å². The van der Waals surface area contributed by atoms with Crippen LogP contribution in [-0.2, 0) is 0 Å². The Labute approximate surface area is 117 Å². The minimum atomic E-state index is -0.513. The van der Waals surface area contributed by atoms with E-state index >= 15 is 0 Å². The van der Waals surface area contributed by atoms with Crippen LogP contribution in [0.25, 0.3) is 0 Å². The van der Waals surface area contributed by atoms with Crippen LogP contribution >= 0.6 is 0 Å². The molecule has 1 aromatic carbocycles. The highest BCUT2D eigenvalue weighted by molar-refractivity contribution is 5.97. The molecule has 0 spiro atoms. The molecule has 4 nitrogen and oxygen atoms in total. The van der Waals surface area contributed by atoms with E-state index in [-0.39, 0.29) is 11.5 Å². The number of hydrogen-bond donors (Lipinski definition) is 1. The highest BCUT2D eigenvalue weighted by Crippen LogP contribution is 2.29. The van der Waals surface area contributed by atoms with Crippen molar-refractivity contribution < 1.29 is 13.9 Å². The maximum absolute atomic E-state index is 14.0. The number of fused-ring (bicyclic) bond motifs is 1. The van der Waals surface area contributed by atoms with Crippen molar-refractivity contribution >= 4 is 5.91 Å². The van der Waals surface area contributed by atoms with Gasteiger partial charge in [0, 0.05) is 13.1 Å². The van der Waals surface area contributed by atoms with Crippen LogP contribution in [-0.4, -0.2) is 44.1 Å². The van der Waals surface area contributed by atoms with Gasteiger partial charge in [0.05, 0.1) is 7.11 Å². The molecule has 0 bridgehead atoms. The van der Waals surface area contributed by atoms with Crippen molar-refractivity contribution in [3.63, 3.8) is 0 Å². The number of likely N-dealkylation sites (tertiary alicyclic amines) is 1. The van der Waals surface area contributed by atoms with Crippen LogP contribution in [0.15, 0.2) is 18.2 Å². The summed E-state index contributed by atoms with van der Waals surface area (Å²) in [6.07, 6.45) is 0.986. The van der Waals surface area contributed by atoms with Crippen molar-refractivity contribution in [2.75, 3.05) is 33.3 Å². The Morgan fingerprint density at radius 3 is 3.00 bits per heavy atom. The maximum atomic E-state index is 14.0. The third kappa shape index (κ3) is 2.26. The molecule has 5 heteroatoms. The number of halogens is 1. The lowest BCUT2D eigenvalue weighted by Gasteiger charge is -2.34. The van der Waals surface area contributed by atoms with Gasteiger partial charge >= 0.3 is 0 Å². The number of benzene rings is 1. The van der Waals surface area contributed by atoms with Crippen LogP contribution in [0.1, 0.15) is 16.8 Å². The predicted octanol–water partition coefficient (Wildman–Crippen LogP) is 1.52. The molecule has 0 saturated carbocycles. The topological polar surface area (TPSA) is 41.6 Å². The highest BCUT2D eigenvalue weighted by Gasteiger charge is 2.35. The second-order valence-corrected chi connectivity index (χ2v) is 5.54. The molecule has 0 aliphatic carbocycles. The van der Waals surface area contributed by atoms with E-state index in [1.54, 1.807) is 17.0 Å². The largest absolute Gasteiger partial charge is 0.496 e. The fourth-order valence-electron chi connectivity index (χ4n) is 3.26. The fraction of sp³-hybridized carbons (Fsp3) is 0.533. The predicted molar refractivity (Wildman–Crippen MR) is 73.3 cm³/mol. The number of nitrogens with one attached hydrogen (secondary N) is 1. The average molecular weight is 278 g/mol. The highest BCUT2D eigenvalue weighted by atomic mass is 19.1. The van der Waals surface area contributed by atoms with Crippen LogP contribution in [0.3, 0.4) is 0 Å². The quantitative estimate of drug-likeness (QED) is 0.891. The molecule has 1 aromatic rings. The van der Waals surface area contributed by atoms with E-state index in [1.165, 1.54) is 13.2 Å². The number of amides is 1. The molecule has 3 rings (SSSR count). The molecular formula is C15H19FN2O2. The van der Waals surface area contributed by atoms with E-state index in [2.05, 4.69) is 5.32 Å². The Morgan fingerprint density at radius 2 is 2.20 bits per heavy atom. The molecule has 2 fully saturated rings. The zero-order chi connectivity index (χ0) is 14.1. The van der Waals surface area contributed by atoms with Gasteiger partial charge in [-0.15, -0.1) is 0 Å². The molecular weight excluding hydrogens is 259 g/mol. The van der Waals surface area contributed by atoms with E-state index in [0.717, 1.165) is 19.5 Å². The van der Waals surface area contributed by atoms with E-state index in [1.807, 2.05) is 0 Å². The van der Waals surface area contributed by atoms with Crippen molar-refractivity contribution in [1.82, 2.24) is 10.2 Å². The molecule has 1 amide bonds. The first-order chi connectivity index (χ1) is 9.70. The van der Waals surface area contributed by atoms with E-state index in [9.17, 15) is 9.18 Å². The standard InChI is InChI=1S/C15H19FN2O2/c1-20-13-4-2-3-12(16)14(13)15(19)18-6-5-10-7-17-8-11(10)9-18/h2-4,10-11,17H,5-9H2,1H3. The number of nitrogens with zero attached hydrogens (tertiary/aromatic N) is 1. The van der Waals surface area contributed by atoms with Crippen molar-refractivity contribution in [3.05, 3.63) is 29.6 Å². The average Bonchev–Trinajstić information content (AvgIpc) is 2.93. The first-order valence-electron chi connectivity index (χ1n) is 7.03.